The highest BCUT2D eigenvalue weighted by atomic mass is 16.2. The number of primary amides is 1. The van der Waals surface area contributed by atoms with Gasteiger partial charge in [-0.1, -0.05) is 37.3 Å². The minimum atomic E-state index is -0.672. The maximum atomic E-state index is 11.6. The molecule has 0 spiro atoms. The quantitative estimate of drug-likeness (QED) is 0.698. The summed E-state index contributed by atoms with van der Waals surface area (Å²) in [5.41, 5.74) is 6.07. The zero-order valence-corrected chi connectivity index (χ0v) is 10.9. The molecule has 1 rings (SSSR count). The van der Waals surface area contributed by atoms with E-state index in [1.165, 1.54) is 6.92 Å². The van der Waals surface area contributed by atoms with E-state index in [4.69, 9.17) is 5.73 Å². The summed E-state index contributed by atoms with van der Waals surface area (Å²) in [7, 11) is 0. The van der Waals surface area contributed by atoms with Gasteiger partial charge in [0.25, 0.3) is 5.91 Å². The zero-order valence-electron chi connectivity index (χ0n) is 10.9. The molecule has 0 fully saturated rings. The van der Waals surface area contributed by atoms with Crippen LogP contribution in [0.5, 0.6) is 0 Å². The molecule has 0 saturated heterocycles. The molecule has 0 aliphatic heterocycles. The number of benzene rings is 1. The van der Waals surface area contributed by atoms with Gasteiger partial charge in [-0.15, -0.1) is 0 Å². The Morgan fingerprint density at radius 1 is 1.21 bits per heavy atom. The maximum Gasteiger partial charge on any atom is 0.287 e. The second-order valence-corrected chi connectivity index (χ2v) is 4.43. The van der Waals surface area contributed by atoms with E-state index in [0.717, 1.165) is 5.56 Å². The lowest BCUT2D eigenvalue weighted by molar-refractivity contribution is -0.140. The molecular formula is C14H18N2O3. The van der Waals surface area contributed by atoms with Crippen LogP contribution in [-0.2, 0) is 20.8 Å². The first kappa shape index (κ1) is 14.9. The number of nitrogens with one attached hydrogen (secondary N) is 1. The molecule has 0 radical (unpaired) electrons. The van der Waals surface area contributed by atoms with Crippen molar-refractivity contribution in [1.82, 2.24) is 5.32 Å². The van der Waals surface area contributed by atoms with E-state index in [-0.39, 0.29) is 6.42 Å². The first-order chi connectivity index (χ1) is 9.00. The van der Waals surface area contributed by atoms with Crippen LogP contribution in [0.15, 0.2) is 30.3 Å². The predicted molar refractivity (Wildman–Crippen MR) is 71.1 cm³/mol. The number of amides is 2. The highest BCUT2D eigenvalue weighted by molar-refractivity contribution is 6.37. The van der Waals surface area contributed by atoms with Gasteiger partial charge in [0.05, 0.1) is 0 Å². The molecule has 1 atom stereocenters. The van der Waals surface area contributed by atoms with Crippen LogP contribution in [0.4, 0.5) is 0 Å². The van der Waals surface area contributed by atoms with Crippen molar-refractivity contribution < 1.29 is 14.4 Å². The van der Waals surface area contributed by atoms with E-state index < -0.39 is 23.5 Å². The summed E-state index contributed by atoms with van der Waals surface area (Å²) in [6.07, 6.45) is 0.551. The summed E-state index contributed by atoms with van der Waals surface area (Å²) in [5.74, 6) is -2.52. The molecule has 0 aliphatic carbocycles. The van der Waals surface area contributed by atoms with E-state index in [9.17, 15) is 14.4 Å². The fraction of sp³-hybridized carbons (Fsp3) is 0.357. The van der Waals surface area contributed by atoms with Crippen molar-refractivity contribution in [3.8, 4) is 0 Å². The molecule has 0 saturated carbocycles. The van der Waals surface area contributed by atoms with Gasteiger partial charge in [-0.2, -0.15) is 0 Å². The molecule has 3 N–H and O–H groups in total. The van der Waals surface area contributed by atoms with E-state index >= 15 is 0 Å². The number of Topliss-reactive ketones (excluding diaryl/α,β-unsaturated/α-hetero) is 1. The van der Waals surface area contributed by atoms with E-state index in [1.807, 2.05) is 30.3 Å². The number of hydrogen-bond donors (Lipinski definition) is 2. The Bertz CT molecular complexity index is 457. The molecule has 0 heterocycles. The number of nitrogens with two attached hydrogens (primary N) is 1. The van der Waals surface area contributed by atoms with Gasteiger partial charge in [0.1, 0.15) is 0 Å². The molecule has 1 aromatic rings. The van der Waals surface area contributed by atoms with Crippen LogP contribution in [0, 0.1) is 5.92 Å². The van der Waals surface area contributed by atoms with Crippen LogP contribution in [-0.4, -0.2) is 24.1 Å². The highest BCUT2D eigenvalue weighted by Gasteiger charge is 2.22. The SMILES string of the molecule is C[C@H](CC(N)=O)C(=O)C(=O)NCCc1ccccc1. The summed E-state index contributed by atoms with van der Waals surface area (Å²) in [6.45, 7) is 1.90. The number of ketones is 1. The van der Waals surface area contributed by atoms with Gasteiger partial charge >= 0.3 is 0 Å². The molecule has 2 amide bonds. The third-order valence-corrected chi connectivity index (χ3v) is 2.72. The summed E-state index contributed by atoms with van der Waals surface area (Å²) in [5, 5.41) is 2.54. The Kier molecular flexibility index (Phi) is 5.73. The molecular weight excluding hydrogens is 244 g/mol. The minimum Gasteiger partial charge on any atom is -0.370 e. The smallest absolute Gasteiger partial charge is 0.287 e. The lowest BCUT2D eigenvalue weighted by Gasteiger charge is -2.08. The average molecular weight is 262 g/mol. The van der Waals surface area contributed by atoms with Crippen molar-refractivity contribution in [1.29, 1.82) is 0 Å². The number of hydrogen-bond acceptors (Lipinski definition) is 3. The van der Waals surface area contributed by atoms with Gasteiger partial charge < -0.3 is 11.1 Å². The third kappa shape index (κ3) is 5.33. The van der Waals surface area contributed by atoms with E-state index in [2.05, 4.69) is 5.32 Å². The monoisotopic (exact) mass is 262 g/mol. The second kappa shape index (κ2) is 7.31. The molecule has 102 valence electrons. The predicted octanol–water partition coefficient (Wildman–Crippen LogP) is 0.426. The van der Waals surface area contributed by atoms with Crippen LogP contribution in [0.25, 0.3) is 0 Å². The molecule has 19 heavy (non-hydrogen) atoms. The Hall–Kier alpha value is -2.17. The van der Waals surface area contributed by atoms with Gasteiger partial charge in [0.15, 0.2) is 0 Å². The molecule has 0 unspecified atom stereocenters. The van der Waals surface area contributed by atoms with Crippen molar-refractivity contribution in [3.63, 3.8) is 0 Å². The lowest BCUT2D eigenvalue weighted by Crippen LogP contribution is -2.36. The third-order valence-electron chi connectivity index (χ3n) is 2.72. The fourth-order valence-electron chi connectivity index (χ4n) is 1.67. The van der Waals surface area contributed by atoms with Crippen LogP contribution in [0.1, 0.15) is 18.9 Å². The standard InChI is InChI=1S/C14H18N2O3/c1-10(9-12(15)17)13(18)14(19)16-8-7-11-5-3-2-4-6-11/h2-6,10H,7-9H2,1H3,(H2,15,17)(H,16,19)/t10-/m1/s1. The van der Waals surface area contributed by atoms with Crippen LogP contribution < -0.4 is 11.1 Å². The highest BCUT2D eigenvalue weighted by Crippen LogP contribution is 2.03. The van der Waals surface area contributed by atoms with Gasteiger partial charge in [0.2, 0.25) is 11.7 Å². The fourth-order valence-corrected chi connectivity index (χ4v) is 1.67. The van der Waals surface area contributed by atoms with Gasteiger partial charge in [-0.05, 0) is 12.0 Å². The minimum absolute atomic E-state index is 0.106. The van der Waals surface area contributed by atoms with Crippen LogP contribution in [0.3, 0.4) is 0 Å². The first-order valence-electron chi connectivity index (χ1n) is 6.15. The topological polar surface area (TPSA) is 89.3 Å². The van der Waals surface area contributed by atoms with Crippen molar-refractivity contribution in [3.05, 3.63) is 35.9 Å². The Morgan fingerprint density at radius 2 is 1.84 bits per heavy atom. The molecule has 0 aliphatic rings. The van der Waals surface area contributed by atoms with Gasteiger partial charge in [0, 0.05) is 18.9 Å². The van der Waals surface area contributed by atoms with Crippen LogP contribution >= 0.6 is 0 Å². The summed E-state index contributed by atoms with van der Waals surface area (Å²) in [6, 6.07) is 9.64. The maximum absolute atomic E-state index is 11.6. The molecule has 1 aromatic carbocycles. The summed E-state index contributed by atoms with van der Waals surface area (Å²) < 4.78 is 0. The number of rotatable bonds is 7. The normalized spacial score (nSPS) is 11.6. The largest absolute Gasteiger partial charge is 0.370 e. The first-order valence-corrected chi connectivity index (χ1v) is 6.15. The van der Waals surface area contributed by atoms with Gasteiger partial charge in [-0.25, -0.2) is 0 Å². The number of carbonyl (C=O) groups is 3. The van der Waals surface area contributed by atoms with Crippen molar-refractivity contribution >= 4 is 17.6 Å². The van der Waals surface area contributed by atoms with Crippen LogP contribution in [0.2, 0.25) is 0 Å². The number of carbonyl (C=O) groups excluding carboxylic acids is 3. The van der Waals surface area contributed by atoms with E-state index in [0.29, 0.717) is 13.0 Å². The van der Waals surface area contributed by atoms with Crippen molar-refractivity contribution in [2.45, 2.75) is 19.8 Å². The average Bonchev–Trinajstić information content (AvgIpc) is 2.38. The second-order valence-electron chi connectivity index (χ2n) is 4.43. The van der Waals surface area contributed by atoms with Gasteiger partial charge in [-0.3, -0.25) is 14.4 Å². The molecule has 0 aromatic heterocycles. The zero-order chi connectivity index (χ0) is 14.3. The Balaban J connectivity index is 2.35. The molecule has 0 bridgehead atoms. The Labute approximate surface area is 112 Å². The summed E-state index contributed by atoms with van der Waals surface area (Å²) in [4.78, 5) is 33.8. The summed E-state index contributed by atoms with van der Waals surface area (Å²) >= 11 is 0. The van der Waals surface area contributed by atoms with Crippen molar-refractivity contribution in [2.24, 2.45) is 11.7 Å². The lowest BCUT2D eigenvalue weighted by atomic mass is 10.0. The molecule has 5 heteroatoms. The van der Waals surface area contributed by atoms with E-state index in [1.54, 1.807) is 0 Å². The van der Waals surface area contributed by atoms with Crippen molar-refractivity contribution in [2.75, 3.05) is 6.54 Å². The Morgan fingerprint density at radius 3 is 2.42 bits per heavy atom. The molecule has 5 nitrogen and oxygen atoms in total.